The highest BCUT2D eigenvalue weighted by Crippen LogP contribution is 2.45. The van der Waals surface area contributed by atoms with Gasteiger partial charge >= 0.3 is 0 Å². The molecule has 0 radical (unpaired) electrons. The molecule has 0 amide bonds. The van der Waals surface area contributed by atoms with Gasteiger partial charge in [0.15, 0.2) is 0 Å². The molecule has 9 nitrogen and oxygen atoms in total. The SMILES string of the molecule is COCc1cc(C(C)(C)c2cc(C(C)(C)c3cc(CCO)c(O)c(COC)c3)cc(C(C)(C)c3cc(COC)c(O)c(COC)c3)c2)cc(CCO)c1O. The molecule has 0 aliphatic rings. The van der Waals surface area contributed by atoms with Crippen molar-refractivity contribution < 1.29 is 44.5 Å². The zero-order chi connectivity index (χ0) is 40.0. The number of aliphatic hydroxyl groups excluding tert-OH is 2. The van der Waals surface area contributed by atoms with Crippen molar-refractivity contribution in [1.82, 2.24) is 0 Å². The Labute approximate surface area is 321 Å². The minimum atomic E-state index is -0.590. The second-order valence-corrected chi connectivity index (χ2v) is 15.8. The molecule has 0 unspecified atom stereocenters. The summed E-state index contributed by atoms with van der Waals surface area (Å²) in [6.45, 7) is 13.7. The van der Waals surface area contributed by atoms with Gasteiger partial charge in [0.2, 0.25) is 0 Å². The number of phenolic OH excluding ortho intramolecular Hbond substituents is 3. The van der Waals surface area contributed by atoms with E-state index in [-0.39, 0.29) is 56.9 Å². The van der Waals surface area contributed by atoms with Gasteiger partial charge in [0.1, 0.15) is 17.2 Å². The second kappa shape index (κ2) is 17.7. The number of hydrogen-bond donors (Lipinski definition) is 5. The first-order valence-corrected chi connectivity index (χ1v) is 18.4. The van der Waals surface area contributed by atoms with Crippen LogP contribution in [-0.2, 0) is 74.5 Å². The minimum absolute atomic E-state index is 0.107. The number of ether oxygens (including phenoxy) is 4. The van der Waals surface area contributed by atoms with Crippen molar-refractivity contribution in [3.8, 4) is 17.2 Å². The summed E-state index contributed by atoms with van der Waals surface area (Å²) < 4.78 is 21.9. The van der Waals surface area contributed by atoms with Crippen LogP contribution in [0.5, 0.6) is 17.2 Å². The molecule has 0 saturated heterocycles. The zero-order valence-corrected chi connectivity index (χ0v) is 33.7. The molecular formula is C45H60O9. The van der Waals surface area contributed by atoms with Gasteiger partial charge in [-0.2, -0.15) is 0 Å². The molecule has 0 heterocycles. The van der Waals surface area contributed by atoms with E-state index in [2.05, 4.69) is 59.7 Å². The highest BCUT2D eigenvalue weighted by molar-refractivity contribution is 5.56. The number of hydrogen-bond acceptors (Lipinski definition) is 9. The average Bonchev–Trinajstić information content (AvgIpc) is 3.13. The van der Waals surface area contributed by atoms with Gasteiger partial charge in [0.05, 0.1) is 26.4 Å². The third-order valence-corrected chi connectivity index (χ3v) is 11.0. The molecule has 0 saturated carbocycles. The summed E-state index contributed by atoms with van der Waals surface area (Å²) in [6, 6.07) is 18.6. The van der Waals surface area contributed by atoms with Gasteiger partial charge in [0.25, 0.3) is 0 Å². The molecule has 4 rings (SSSR count). The summed E-state index contributed by atoms with van der Waals surface area (Å²) in [5.41, 5.74) is 8.17. The monoisotopic (exact) mass is 744 g/mol. The summed E-state index contributed by atoms with van der Waals surface area (Å²) in [6.07, 6.45) is 0.597. The van der Waals surface area contributed by atoms with Crippen LogP contribution in [0.4, 0.5) is 0 Å². The number of rotatable bonds is 18. The molecule has 9 heteroatoms. The van der Waals surface area contributed by atoms with Crippen molar-refractivity contribution >= 4 is 0 Å². The number of phenols is 3. The van der Waals surface area contributed by atoms with E-state index in [4.69, 9.17) is 18.9 Å². The lowest BCUT2D eigenvalue weighted by Crippen LogP contribution is -2.27. The van der Waals surface area contributed by atoms with Gasteiger partial charge in [-0.25, -0.2) is 0 Å². The third-order valence-electron chi connectivity index (χ3n) is 11.0. The van der Waals surface area contributed by atoms with E-state index in [0.29, 0.717) is 46.2 Å². The normalized spacial score (nSPS) is 12.4. The lowest BCUT2D eigenvalue weighted by atomic mass is 9.68. The Bertz CT molecular complexity index is 1600. The summed E-state index contributed by atoms with van der Waals surface area (Å²) in [5, 5.41) is 53.0. The standard InChI is InChI=1S/C45H60O9/c1-43(2,34-15-28(11-13-46)40(48)30(17-34)24-51-7)37-21-38(44(3,4)35-16-29(12-14-47)41(49)31(18-35)25-52-8)23-39(22-37)45(5,6)36-19-32(26-53-9)42(50)33(20-36)27-54-10/h15-23,46-50H,11-14,24-27H2,1-10H3. The van der Waals surface area contributed by atoms with Crippen molar-refractivity contribution in [2.24, 2.45) is 0 Å². The Morgan fingerprint density at radius 2 is 0.574 bits per heavy atom. The molecule has 5 N–H and O–H groups in total. The van der Waals surface area contributed by atoms with E-state index in [1.807, 2.05) is 36.4 Å². The Balaban J connectivity index is 2.07. The number of aromatic hydroxyl groups is 3. The molecule has 4 aromatic carbocycles. The van der Waals surface area contributed by atoms with Gasteiger partial charge in [-0.3, -0.25) is 0 Å². The Kier molecular flexibility index (Phi) is 14.0. The lowest BCUT2D eigenvalue weighted by Gasteiger charge is -2.36. The zero-order valence-electron chi connectivity index (χ0n) is 33.7. The first-order valence-electron chi connectivity index (χ1n) is 18.4. The topological polar surface area (TPSA) is 138 Å². The first-order chi connectivity index (χ1) is 25.5. The summed E-state index contributed by atoms with van der Waals surface area (Å²) in [5.74, 6) is 0.419. The van der Waals surface area contributed by atoms with Crippen LogP contribution in [0.2, 0.25) is 0 Å². The number of aliphatic hydroxyl groups is 2. The molecule has 294 valence electrons. The Morgan fingerprint density at radius 1 is 0.370 bits per heavy atom. The van der Waals surface area contributed by atoms with Crippen molar-refractivity contribution in [1.29, 1.82) is 0 Å². The summed E-state index contributed by atoms with van der Waals surface area (Å²) in [7, 11) is 6.40. The van der Waals surface area contributed by atoms with E-state index in [9.17, 15) is 25.5 Å². The number of benzene rings is 4. The van der Waals surface area contributed by atoms with E-state index in [0.717, 1.165) is 33.4 Å². The summed E-state index contributed by atoms with van der Waals surface area (Å²) in [4.78, 5) is 0. The summed E-state index contributed by atoms with van der Waals surface area (Å²) >= 11 is 0. The first kappa shape index (κ1) is 42.8. The maximum absolute atomic E-state index is 11.1. The van der Waals surface area contributed by atoms with Crippen molar-refractivity contribution in [3.63, 3.8) is 0 Å². The molecule has 54 heavy (non-hydrogen) atoms. The molecule has 0 atom stereocenters. The van der Waals surface area contributed by atoms with Crippen LogP contribution in [0.15, 0.2) is 54.6 Å². The third kappa shape index (κ3) is 8.78. The molecule has 0 spiro atoms. The van der Waals surface area contributed by atoms with Crippen LogP contribution >= 0.6 is 0 Å². The van der Waals surface area contributed by atoms with Crippen LogP contribution in [0.1, 0.15) is 108 Å². The molecule has 4 aromatic rings. The quantitative estimate of drug-likeness (QED) is 0.0704. The molecule has 0 fully saturated rings. The molecule has 0 aliphatic carbocycles. The Hall–Kier alpha value is -3.96. The average molecular weight is 745 g/mol. The van der Waals surface area contributed by atoms with Crippen LogP contribution in [0.3, 0.4) is 0 Å². The fourth-order valence-electron chi connectivity index (χ4n) is 7.26. The fraction of sp³-hybridized carbons (Fsp3) is 0.467. The molecule has 0 aliphatic heterocycles. The maximum Gasteiger partial charge on any atom is 0.126 e. The fourth-order valence-corrected chi connectivity index (χ4v) is 7.26. The smallest absolute Gasteiger partial charge is 0.126 e. The minimum Gasteiger partial charge on any atom is -0.507 e. The van der Waals surface area contributed by atoms with Crippen molar-refractivity contribution in [3.05, 3.63) is 121 Å². The maximum atomic E-state index is 11.1. The van der Waals surface area contributed by atoms with E-state index in [1.54, 1.807) is 28.4 Å². The molecular weight excluding hydrogens is 684 g/mol. The van der Waals surface area contributed by atoms with Crippen LogP contribution in [-0.4, -0.2) is 67.2 Å². The van der Waals surface area contributed by atoms with Crippen LogP contribution in [0.25, 0.3) is 0 Å². The van der Waals surface area contributed by atoms with Gasteiger partial charge in [-0.1, -0.05) is 71.9 Å². The van der Waals surface area contributed by atoms with Crippen molar-refractivity contribution in [2.75, 3.05) is 41.7 Å². The molecule has 0 bridgehead atoms. The Morgan fingerprint density at radius 3 is 0.796 bits per heavy atom. The highest BCUT2D eigenvalue weighted by Gasteiger charge is 2.34. The second-order valence-electron chi connectivity index (χ2n) is 15.8. The van der Waals surface area contributed by atoms with Crippen molar-refractivity contribution in [2.45, 2.75) is 97.1 Å². The van der Waals surface area contributed by atoms with Gasteiger partial charge in [-0.15, -0.1) is 0 Å². The van der Waals surface area contributed by atoms with Gasteiger partial charge in [-0.05, 0) is 81.6 Å². The van der Waals surface area contributed by atoms with E-state index >= 15 is 0 Å². The highest BCUT2D eigenvalue weighted by atomic mass is 16.5. The van der Waals surface area contributed by atoms with E-state index < -0.39 is 16.2 Å². The largest absolute Gasteiger partial charge is 0.507 e. The van der Waals surface area contributed by atoms with Gasteiger partial charge < -0.3 is 44.5 Å². The predicted molar refractivity (Wildman–Crippen MR) is 212 cm³/mol. The number of methoxy groups -OCH3 is 4. The van der Waals surface area contributed by atoms with Gasteiger partial charge in [0, 0.05) is 80.2 Å². The predicted octanol–water partition coefficient (Wildman–Crippen LogP) is 7.44. The van der Waals surface area contributed by atoms with Crippen LogP contribution in [0, 0.1) is 0 Å². The molecule has 0 aromatic heterocycles. The van der Waals surface area contributed by atoms with Crippen LogP contribution < -0.4 is 0 Å². The lowest BCUT2D eigenvalue weighted by molar-refractivity contribution is 0.174. The van der Waals surface area contributed by atoms with E-state index in [1.165, 1.54) is 0 Å².